The van der Waals surface area contributed by atoms with Crippen LogP contribution in [0.4, 0.5) is 24.5 Å². The highest BCUT2D eigenvalue weighted by Crippen LogP contribution is 2.32. The Morgan fingerprint density at radius 1 is 1.11 bits per heavy atom. The molecule has 0 saturated heterocycles. The van der Waals surface area contributed by atoms with Crippen LogP contribution in [0.1, 0.15) is 12.7 Å². The van der Waals surface area contributed by atoms with Crippen LogP contribution in [-0.2, 0) is 22.3 Å². The number of benzene rings is 2. The number of anilines is 2. The number of halogens is 4. The molecule has 3 rings (SSSR count). The van der Waals surface area contributed by atoms with Gasteiger partial charge in [-0.1, -0.05) is 28.1 Å². The number of nitrogens with zero attached hydrogens (tertiary/aromatic N) is 2. The van der Waals surface area contributed by atoms with Gasteiger partial charge in [-0.2, -0.15) is 13.2 Å². The van der Waals surface area contributed by atoms with Crippen LogP contribution < -0.4 is 10.6 Å². The number of alkyl halides is 3. The Balaban J connectivity index is 1.93. The number of hydrogen-bond acceptors (Lipinski definition) is 3. The lowest BCUT2D eigenvalue weighted by Crippen LogP contribution is -2.24. The fourth-order valence-corrected chi connectivity index (χ4v) is 3.06. The molecule has 0 unspecified atom stereocenters. The number of carbonyl (C=O) groups excluding carboxylic acids is 2. The zero-order valence-electron chi connectivity index (χ0n) is 14.5. The normalized spacial score (nSPS) is 11.5. The molecular formula is C18H14BrF3N4O2. The van der Waals surface area contributed by atoms with Crippen molar-refractivity contribution >= 4 is 50.2 Å². The largest absolute Gasteiger partial charge is 0.449 e. The SMILES string of the molecule is CC(=O)Nc1ccc(Br)cc1NC(=O)Cn1c(C(F)(F)F)nc2ccccc21. The molecular weight excluding hydrogens is 441 g/mol. The number of fused-ring (bicyclic) bond motifs is 1. The zero-order valence-corrected chi connectivity index (χ0v) is 16.1. The first-order chi connectivity index (χ1) is 13.1. The van der Waals surface area contributed by atoms with Crippen LogP contribution in [0.2, 0.25) is 0 Å². The second-order valence-electron chi connectivity index (χ2n) is 5.93. The van der Waals surface area contributed by atoms with Gasteiger partial charge in [-0.15, -0.1) is 0 Å². The van der Waals surface area contributed by atoms with Crippen molar-refractivity contribution in [1.29, 1.82) is 0 Å². The van der Waals surface area contributed by atoms with Gasteiger partial charge in [-0.05, 0) is 30.3 Å². The summed E-state index contributed by atoms with van der Waals surface area (Å²) in [5, 5.41) is 5.10. The molecule has 2 aromatic carbocycles. The zero-order chi connectivity index (χ0) is 20.5. The summed E-state index contributed by atoms with van der Waals surface area (Å²) in [5.74, 6) is -2.20. The van der Waals surface area contributed by atoms with Crippen LogP contribution >= 0.6 is 15.9 Å². The van der Waals surface area contributed by atoms with Crippen molar-refractivity contribution in [2.75, 3.05) is 10.6 Å². The first-order valence-electron chi connectivity index (χ1n) is 8.04. The van der Waals surface area contributed by atoms with Crippen molar-refractivity contribution in [3.05, 3.63) is 52.8 Å². The maximum absolute atomic E-state index is 13.4. The van der Waals surface area contributed by atoms with Gasteiger partial charge < -0.3 is 15.2 Å². The van der Waals surface area contributed by atoms with Gasteiger partial charge >= 0.3 is 6.18 Å². The first-order valence-corrected chi connectivity index (χ1v) is 8.84. The number of para-hydroxylation sites is 2. The summed E-state index contributed by atoms with van der Waals surface area (Å²) < 4.78 is 41.5. The Labute approximate surface area is 165 Å². The van der Waals surface area contributed by atoms with Crippen LogP contribution in [-0.4, -0.2) is 21.4 Å². The average Bonchev–Trinajstić information content (AvgIpc) is 2.96. The highest BCUT2D eigenvalue weighted by atomic mass is 79.9. The number of hydrogen-bond donors (Lipinski definition) is 2. The monoisotopic (exact) mass is 454 g/mol. The van der Waals surface area contributed by atoms with Gasteiger partial charge in [0, 0.05) is 11.4 Å². The lowest BCUT2D eigenvalue weighted by atomic mass is 10.2. The Bertz CT molecular complexity index is 1060. The summed E-state index contributed by atoms with van der Waals surface area (Å²) in [7, 11) is 0. The summed E-state index contributed by atoms with van der Waals surface area (Å²) in [4.78, 5) is 27.4. The number of carbonyl (C=O) groups is 2. The predicted octanol–water partition coefficient (Wildman–Crippen LogP) is 4.41. The summed E-state index contributed by atoms with van der Waals surface area (Å²) in [6, 6.07) is 10.8. The lowest BCUT2D eigenvalue weighted by Gasteiger charge is -2.14. The van der Waals surface area contributed by atoms with Gasteiger partial charge in [-0.3, -0.25) is 9.59 Å². The Morgan fingerprint density at radius 2 is 1.82 bits per heavy atom. The van der Waals surface area contributed by atoms with Crippen LogP contribution in [0.25, 0.3) is 11.0 Å². The number of rotatable bonds is 4. The van der Waals surface area contributed by atoms with Gasteiger partial charge in [0.25, 0.3) is 0 Å². The number of imidazole rings is 1. The molecule has 28 heavy (non-hydrogen) atoms. The minimum absolute atomic E-state index is 0.143. The van der Waals surface area contributed by atoms with Crippen molar-refractivity contribution in [1.82, 2.24) is 9.55 Å². The molecule has 10 heteroatoms. The molecule has 0 aliphatic carbocycles. The van der Waals surface area contributed by atoms with E-state index in [0.717, 1.165) is 4.57 Å². The molecule has 3 aromatic rings. The van der Waals surface area contributed by atoms with E-state index < -0.39 is 24.5 Å². The van der Waals surface area contributed by atoms with Crippen LogP contribution in [0.5, 0.6) is 0 Å². The molecule has 0 fully saturated rings. The molecule has 0 spiro atoms. The standard InChI is InChI=1S/C18H14BrF3N4O2/c1-10(27)23-12-7-6-11(19)8-14(12)24-16(28)9-26-15-5-3-2-4-13(15)25-17(26)18(20,21)22/h2-8H,9H2,1H3,(H,23,27)(H,24,28). The van der Waals surface area contributed by atoms with E-state index in [0.29, 0.717) is 10.2 Å². The van der Waals surface area contributed by atoms with Crippen molar-refractivity contribution in [2.24, 2.45) is 0 Å². The second kappa shape index (κ2) is 7.63. The van der Waals surface area contributed by atoms with E-state index in [-0.39, 0.29) is 22.6 Å². The first kappa shape index (κ1) is 19.9. The molecule has 2 N–H and O–H groups in total. The van der Waals surface area contributed by atoms with Gasteiger partial charge in [0.2, 0.25) is 17.6 Å². The predicted molar refractivity (Wildman–Crippen MR) is 102 cm³/mol. The van der Waals surface area contributed by atoms with Crippen molar-refractivity contribution in [3.8, 4) is 0 Å². The topological polar surface area (TPSA) is 76.0 Å². The molecule has 0 bridgehead atoms. The minimum Gasteiger partial charge on any atom is -0.325 e. The molecule has 6 nitrogen and oxygen atoms in total. The second-order valence-corrected chi connectivity index (χ2v) is 6.84. The van der Waals surface area contributed by atoms with Crippen molar-refractivity contribution < 1.29 is 22.8 Å². The number of nitrogens with one attached hydrogen (secondary N) is 2. The lowest BCUT2D eigenvalue weighted by molar-refractivity contribution is -0.147. The van der Waals surface area contributed by atoms with E-state index in [2.05, 4.69) is 31.5 Å². The summed E-state index contributed by atoms with van der Waals surface area (Å²) in [6.07, 6.45) is -4.71. The highest BCUT2D eigenvalue weighted by Gasteiger charge is 2.38. The molecule has 0 radical (unpaired) electrons. The van der Waals surface area contributed by atoms with E-state index in [1.807, 2.05) is 0 Å². The molecule has 146 valence electrons. The number of amides is 2. The molecule has 0 aliphatic rings. The van der Waals surface area contributed by atoms with Crippen molar-refractivity contribution in [2.45, 2.75) is 19.6 Å². The summed E-state index contributed by atoms with van der Waals surface area (Å²) in [5.41, 5.74) is 0.924. The summed E-state index contributed by atoms with van der Waals surface area (Å²) in [6.45, 7) is 0.711. The quantitative estimate of drug-likeness (QED) is 0.612. The molecule has 1 heterocycles. The third kappa shape index (κ3) is 4.33. The Morgan fingerprint density at radius 3 is 2.50 bits per heavy atom. The van der Waals surface area contributed by atoms with Crippen LogP contribution in [0.15, 0.2) is 46.9 Å². The molecule has 0 aliphatic heterocycles. The third-order valence-corrected chi connectivity index (χ3v) is 4.27. The van der Waals surface area contributed by atoms with Gasteiger partial charge in [0.05, 0.1) is 22.4 Å². The molecule has 0 atom stereocenters. The highest BCUT2D eigenvalue weighted by molar-refractivity contribution is 9.10. The van der Waals surface area contributed by atoms with E-state index in [4.69, 9.17) is 0 Å². The minimum atomic E-state index is -4.71. The molecule has 2 amide bonds. The van der Waals surface area contributed by atoms with Crippen LogP contribution in [0.3, 0.4) is 0 Å². The van der Waals surface area contributed by atoms with E-state index in [9.17, 15) is 22.8 Å². The van der Waals surface area contributed by atoms with Gasteiger partial charge in [0.15, 0.2) is 0 Å². The van der Waals surface area contributed by atoms with E-state index in [1.54, 1.807) is 30.3 Å². The molecule has 0 saturated carbocycles. The third-order valence-electron chi connectivity index (χ3n) is 3.78. The van der Waals surface area contributed by atoms with Crippen molar-refractivity contribution in [3.63, 3.8) is 0 Å². The smallest absolute Gasteiger partial charge is 0.325 e. The maximum atomic E-state index is 13.4. The Hall–Kier alpha value is -2.88. The van der Waals surface area contributed by atoms with E-state index in [1.165, 1.54) is 19.1 Å². The number of aromatic nitrogens is 2. The van der Waals surface area contributed by atoms with E-state index >= 15 is 0 Å². The maximum Gasteiger partial charge on any atom is 0.449 e. The van der Waals surface area contributed by atoms with Crippen LogP contribution in [0, 0.1) is 0 Å². The van der Waals surface area contributed by atoms with Gasteiger partial charge in [0.1, 0.15) is 6.54 Å². The summed E-state index contributed by atoms with van der Waals surface area (Å²) >= 11 is 3.26. The van der Waals surface area contributed by atoms with Gasteiger partial charge in [-0.25, -0.2) is 4.98 Å². The Kier molecular flexibility index (Phi) is 5.41. The average molecular weight is 455 g/mol. The fourth-order valence-electron chi connectivity index (χ4n) is 2.70. The molecule has 1 aromatic heterocycles. The fraction of sp³-hybridized carbons (Fsp3) is 0.167.